The summed E-state index contributed by atoms with van der Waals surface area (Å²) < 4.78 is 0. The zero-order valence-electron chi connectivity index (χ0n) is 14.5. The van der Waals surface area contributed by atoms with Crippen LogP contribution in [0.3, 0.4) is 0 Å². The molecule has 1 aromatic carbocycles. The van der Waals surface area contributed by atoms with Crippen LogP contribution in [0.25, 0.3) is 10.9 Å². The van der Waals surface area contributed by atoms with Crippen LogP contribution in [-0.2, 0) is 4.79 Å². The second-order valence-corrected chi connectivity index (χ2v) is 7.59. The van der Waals surface area contributed by atoms with Crippen LogP contribution in [0.4, 0.5) is 0 Å². The van der Waals surface area contributed by atoms with Crippen LogP contribution in [0, 0.1) is 5.92 Å². The summed E-state index contributed by atoms with van der Waals surface area (Å²) in [6.45, 7) is 1.92. The predicted molar refractivity (Wildman–Crippen MR) is 98.0 cm³/mol. The Morgan fingerprint density at radius 2 is 1.83 bits per heavy atom. The van der Waals surface area contributed by atoms with E-state index in [0.717, 1.165) is 13.1 Å². The van der Waals surface area contributed by atoms with Crippen molar-refractivity contribution >= 4 is 16.8 Å². The number of H-pyrrole nitrogens is 1. The molecule has 2 aromatic rings. The lowest BCUT2D eigenvalue weighted by atomic mass is 9.75. The summed E-state index contributed by atoms with van der Waals surface area (Å²) in [6.07, 6.45) is 11.8. The molecule has 1 aliphatic carbocycles. The van der Waals surface area contributed by atoms with Gasteiger partial charge in [0.2, 0.25) is 5.91 Å². The number of benzene rings is 1. The van der Waals surface area contributed by atoms with Crippen LogP contribution >= 0.6 is 0 Å². The average Bonchev–Trinajstić information content (AvgIpc) is 3.30. The average molecular weight is 324 g/mol. The minimum Gasteiger partial charge on any atom is -0.361 e. The first-order chi connectivity index (χ1) is 11.8. The summed E-state index contributed by atoms with van der Waals surface area (Å²) >= 11 is 0. The second-order valence-electron chi connectivity index (χ2n) is 7.59. The van der Waals surface area contributed by atoms with Gasteiger partial charge in [-0.3, -0.25) is 4.79 Å². The van der Waals surface area contributed by atoms with Gasteiger partial charge in [-0.25, -0.2) is 0 Å². The van der Waals surface area contributed by atoms with Crippen LogP contribution in [0.2, 0.25) is 0 Å². The van der Waals surface area contributed by atoms with Crippen LogP contribution in [0.5, 0.6) is 0 Å². The highest BCUT2D eigenvalue weighted by Crippen LogP contribution is 2.41. The van der Waals surface area contributed by atoms with Gasteiger partial charge < -0.3 is 9.88 Å². The lowest BCUT2D eigenvalue weighted by Gasteiger charge is -2.31. The third kappa shape index (κ3) is 3.09. The van der Waals surface area contributed by atoms with E-state index in [1.807, 2.05) is 0 Å². The van der Waals surface area contributed by atoms with Gasteiger partial charge in [0.1, 0.15) is 0 Å². The lowest BCUT2D eigenvalue weighted by Crippen LogP contribution is -2.31. The first-order valence-electron chi connectivity index (χ1n) is 9.67. The van der Waals surface area contributed by atoms with Crippen molar-refractivity contribution in [2.75, 3.05) is 13.1 Å². The van der Waals surface area contributed by atoms with Crippen LogP contribution in [-0.4, -0.2) is 28.9 Å². The van der Waals surface area contributed by atoms with Crippen LogP contribution in [0.1, 0.15) is 62.8 Å². The maximum atomic E-state index is 12.8. The molecule has 24 heavy (non-hydrogen) atoms. The highest BCUT2D eigenvalue weighted by molar-refractivity contribution is 5.85. The highest BCUT2D eigenvalue weighted by atomic mass is 16.2. The third-order valence-electron chi connectivity index (χ3n) is 6.09. The Hall–Kier alpha value is -1.77. The number of carbonyl (C=O) groups is 1. The Morgan fingerprint density at radius 3 is 2.62 bits per heavy atom. The molecule has 1 N–H and O–H groups in total. The van der Waals surface area contributed by atoms with E-state index in [0.29, 0.717) is 24.2 Å². The van der Waals surface area contributed by atoms with Crippen molar-refractivity contribution in [1.29, 1.82) is 0 Å². The molecule has 1 aromatic heterocycles. The van der Waals surface area contributed by atoms with Crippen molar-refractivity contribution in [1.82, 2.24) is 9.88 Å². The van der Waals surface area contributed by atoms with Gasteiger partial charge in [0.05, 0.1) is 0 Å². The zero-order valence-corrected chi connectivity index (χ0v) is 14.5. The maximum Gasteiger partial charge on any atom is 0.223 e. The van der Waals surface area contributed by atoms with E-state index in [4.69, 9.17) is 0 Å². The molecule has 3 heteroatoms. The van der Waals surface area contributed by atoms with Crippen LogP contribution < -0.4 is 0 Å². The number of aromatic amines is 1. The van der Waals surface area contributed by atoms with Gasteiger partial charge in [0.15, 0.2) is 0 Å². The Bertz CT molecular complexity index is 693. The monoisotopic (exact) mass is 324 g/mol. The van der Waals surface area contributed by atoms with Crippen molar-refractivity contribution in [3.8, 4) is 0 Å². The number of nitrogens with one attached hydrogen (secondary N) is 1. The first kappa shape index (κ1) is 15.7. The fraction of sp³-hybridized carbons (Fsp3) is 0.571. The van der Waals surface area contributed by atoms with Gasteiger partial charge in [-0.05, 0) is 49.1 Å². The smallest absolute Gasteiger partial charge is 0.223 e. The fourth-order valence-corrected chi connectivity index (χ4v) is 4.75. The molecule has 128 valence electrons. The van der Waals surface area contributed by atoms with Crippen molar-refractivity contribution in [2.24, 2.45) is 5.92 Å². The SMILES string of the molecule is O=C(C[C@@H](c1c[nH]c2ccccc12)C1CCCCC1)N1CCCC1. The zero-order chi connectivity index (χ0) is 16.4. The molecule has 3 nitrogen and oxygen atoms in total. The summed E-state index contributed by atoms with van der Waals surface area (Å²) in [7, 11) is 0. The standard InChI is InChI=1S/C21H28N2O/c24-21(23-12-6-7-13-23)14-18(16-8-2-1-3-9-16)19-15-22-20-11-5-4-10-17(19)20/h4-5,10-11,15-16,18,22H,1-3,6-9,12-14H2/t18-/m1/s1. The molecule has 1 aliphatic heterocycles. The van der Waals surface area contributed by atoms with E-state index in [2.05, 4.69) is 40.3 Å². The Kier molecular flexibility index (Phi) is 4.59. The second kappa shape index (κ2) is 7.00. The molecular weight excluding hydrogens is 296 g/mol. The summed E-state index contributed by atoms with van der Waals surface area (Å²) in [4.78, 5) is 18.4. The van der Waals surface area contributed by atoms with Gasteiger partial charge in [-0.15, -0.1) is 0 Å². The van der Waals surface area contributed by atoms with Gasteiger partial charge in [0, 0.05) is 36.6 Å². The summed E-state index contributed by atoms with van der Waals surface area (Å²) in [5, 5.41) is 1.31. The molecule has 1 atom stereocenters. The number of nitrogens with zero attached hydrogens (tertiary/aromatic N) is 1. The van der Waals surface area contributed by atoms with E-state index in [1.54, 1.807) is 0 Å². The number of hydrogen-bond acceptors (Lipinski definition) is 1. The van der Waals surface area contributed by atoms with Gasteiger partial charge in [0.25, 0.3) is 0 Å². The summed E-state index contributed by atoms with van der Waals surface area (Å²) in [5.41, 5.74) is 2.56. The van der Waals surface area contributed by atoms with Gasteiger partial charge in [-0.2, -0.15) is 0 Å². The quantitative estimate of drug-likeness (QED) is 0.858. The molecule has 0 bridgehead atoms. The first-order valence-corrected chi connectivity index (χ1v) is 9.67. The molecule has 0 unspecified atom stereocenters. The number of likely N-dealkylation sites (tertiary alicyclic amines) is 1. The fourth-order valence-electron chi connectivity index (χ4n) is 4.75. The van der Waals surface area contributed by atoms with E-state index in [-0.39, 0.29) is 0 Å². The molecule has 2 aliphatic rings. The molecule has 2 fully saturated rings. The maximum absolute atomic E-state index is 12.8. The molecule has 0 radical (unpaired) electrons. The van der Waals surface area contributed by atoms with E-state index in [9.17, 15) is 4.79 Å². The van der Waals surface area contributed by atoms with E-state index in [1.165, 1.54) is 61.4 Å². The largest absolute Gasteiger partial charge is 0.361 e. The summed E-state index contributed by atoms with van der Waals surface area (Å²) in [5.74, 6) is 1.40. The highest BCUT2D eigenvalue weighted by Gasteiger charge is 2.31. The number of aromatic nitrogens is 1. The molecule has 1 saturated heterocycles. The van der Waals surface area contributed by atoms with E-state index < -0.39 is 0 Å². The minimum absolute atomic E-state index is 0.369. The number of para-hydroxylation sites is 1. The third-order valence-corrected chi connectivity index (χ3v) is 6.09. The molecule has 1 amide bonds. The van der Waals surface area contributed by atoms with Crippen molar-refractivity contribution < 1.29 is 4.79 Å². The van der Waals surface area contributed by atoms with Crippen LogP contribution in [0.15, 0.2) is 30.5 Å². The number of carbonyl (C=O) groups excluding carboxylic acids is 1. The van der Waals surface area contributed by atoms with Crippen molar-refractivity contribution in [3.63, 3.8) is 0 Å². The minimum atomic E-state index is 0.369. The van der Waals surface area contributed by atoms with Gasteiger partial charge in [-0.1, -0.05) is 37.5 Å². The summed E-state index contributed by atoms with van der Waals surface area (Å²) in [6, 6.07) is 8.53. The lowest BCUT2D eigenvalue weighted by molar-refractivity contribution is -0.130. The molecule has 4 rings (SSSR count). The normalized spacial score (nSPS) is 20.6. The van der Waals surface area contributed by atoms with Crippen molar-refractivity contribution in [3.05, 3.63) is 36.0 Å². The number of amides is 1. The van der Waals surface area contributed by atoms with E-state index >= 15 is 0 Å². The molecule has 2 heterocycles. The Labute approximate surface area is 144 Å². The molecular formula is C21H28N2O. The Balaban J connectivity index is 1.63. The van der Waals surface area contributed by atoms with Gasteiger partial charge >= 0.3 is 0 Å². The Morgan fingerprint density at radius 1 is 1.08 bits per heavy atom. The number of fused-ring (bicyclic) bond motifs is 1. The topological polar surface area (TPSA) is 36.1 Å². The number of rotatable bonds is 4. The molecule has 0 spiro atoms. The predicted octanol–water partition coefficient (Wildman–Crippen LogP) is 4.84. The number of hydrogen-bond donors (Lipinski definition) is 1. The molecule has 1 saturated carbocycles. The van der Waals surface area contributed by atoms with Crippen molar-refractivity contribution in [2.45, 2.75) is 57.3 Å².